The zero-order chi connectivity index (χ0) is 27.4. The van der Waals surface area contributed by atoms with Crippen molar-refractivity contribution in [2.24, 2.45) is 10.2 Å². The standard InChI is InChI=1S/C16H15F3N2O.C7H11NO.2C2H6/c1-11(2)12-3-5-13(6-4-12)20-21-14-7-9-15(10-8-14)22-16(17,18)19;1-4-5-6(2)8-7(3)9;2*1-2/h3-11H,1-2H3;4H,1-2,5H2,3H3,(H,8,9);2*1-2H3. The number of allylic oxidation sites excluding steroid dienone is 1. The number of nitrogens with one attached hydrogen (secondary N) is 1. The summed E-state index contributed by atoms with van der Waals surface area (Å²) in [5.41, 5.74) is 3.02. The first kappa shape index (κ1) is 33.8. The van der Waals surface area contributed by atoms with Gasteiger partial charge in [0.1, 0.15) is 5.75 Å². The quantitative estimate of drug-likeness (QED) is 0.308. The molecule has 8 heteroatoms. The molecule has 0 spiro atoms. The molecule has 0 aliphatic rings. The monoisotopic (exact) mass is 493 g/mol. The number of alkyl halides is 3. The molecule has 0 unspecified atom stereocenters. The highest BCUT2D eigenvalue weighted by Crippen LogP contribution is 2.26. The second-order valence-electron chi connectivity index (χ2n) is 6.77. The first-order valence-corrected chi connectivity index (χ1v) is 11.4. The lowest BCUT2D eigenvalue weighted by molar-refractivity contribution is -0.274. The van der Waals surface area contributed by atoms with Crippen LogP contribution in [0.25, 0.3) is 0 Å². The number of amides is 1. The van der Waals surface area contributed by atoms with Crippen LogP contribution in [0.1, 0.15) is 66.4 Å². The van der Waals surface area contributed by atoms with Crippen molar-refractivity contribution in [3.8, 4) is 5.75 Å². The maximum Gasteiger partial charge on any atom is 0.573 e. The predicted molar refractivity (Wildman–Crippen MR) is 138 cm³/mol. The van der Waals surface area contributed by atoms with Gasteiger partial charge >= 0.3 is 6.36 Å². The van der Waals surface area contributed by atoms with Gasteiger partial charge in [-0.3, -0.25) is 4.79 Å². The van der Waals surface area contributed by atoms with Crippen molar-refractivity contribution in [2.75, 3.05) is 0 Å². The number of carbonyl (C=O) groups is 1. The molecule has 0 bridgehead atoms. The van der Waals surface area contributed by atoms with Crippen molar-refractivity contribution < 1.29 is 22.7 Å². The Morgan fingerprint density at radius 3 is 1.74 bits per heavy atom. The molecule has 0 saturated heterocycles. The molecule has 0 saturated carbocycles. The zero-order valence-electron chi connectivity index (χ0n) is 21.7. The number of benzene rings is 2. The summed E-state index contributed by atoms with van der Waals surface area (Å²) in [6, 6.07) is 12.9. The lowest BCUT2D eigenvalue weighted by Crippen LogP contribution is -2.17. The van der Waals surface area contributed by atoms with E-state index in [1.165, 1.54) is 36.8 Å². The molecular weight excluding hydrogens is 455 g/mol. The van der Waals surface area contributed by atoms with Gasteiger partial charge in [0.15, 0.2) is 0 Å². The van der Waals surface area contributed by atoms with Crippen LogP contribution in [0.2, 0.25) is 0 Å². The number of carbonyl (C=O) groups excluding carboxylic acids is 1. The van der Waals surface area contributed by atoms with E-state index in [0.717, 1.165) is 0 Å². The van der Waals surface area contributed by atoms with Crippen LogP contribution in [-0.4, -0.2) is 12.3 Å². The van der Waals surface area contributed by atoms with Gasteiger partial charge in [-0.25, -0.2) is 0 Å². The van der Waals surface area contributed by atoms with Crippen LogP contribution >= 0.6 is 0 Å². The Bertz CT molecular complexity index is 889. The fourth-order valence-electron chi connectivity index (χ4n) is 2.23. The van der Waals surface area contributed by atoms with Crippen LogP contribution in [0.3, 0.4) is 0 Å². The minimum absolute atomic E-state index is 0.0816. The molecule has 5 nitrogen and oxygen atoms in total. The molecule has 1 amide bonds. The lowest BCUT2D eigenvalue weighted by atomic mass is 10.0. The van der Waals surface area contributed by atoms with Crippen molar-refractivity contribution in [2.45, 2.75) is 67.2 Å². The van der Waals surface area contributed by atoms with E-state index in [9.17, 15) is 18.0 Å². The molecule has 0 aromatic heterocycles. The molecule has 35 heavy (non-hydrogen) atoms. The zero-order valence-corrected chi connectivity index (χ0v) is 21.7. The predicted octanol–water partition coefficient (Wildman–Crippen LogP) is 9.39. The van der Waals surface area contributed by atoms with Gasteiger partial charge in [0.2, 0.25) is 5.91 Å². The van der Waals surface area contributed by atoms with Gasteiger partial charge in [0, 0.05) is 19.0 Å². The topological polar surface area (TPSA) is 63.0 Å². The first-order valence-electron chi connectivity index (χ1n) is 11.4. The summed E-state index contributed by atoms with van der Waals surface area (Å²) >= 11 is 0. The van der Waals surface area contributed by atoms with Crippen molar-refractivity contribution in [1.29, 1.82) is 0 Å². The van der Waals surface area contributed by atoms with E-state index >= 15 is 0 Å². The van der Waals surface area contributed by atoms with Crippen LogP contribution in [0.5, 0.6) is 5.75 Å². The molecule has 0 heterocycles. The third kappa shape index (κ3) is 17.7. The van der Waals surface area contributed by atoms with E-state index < -0.39 is 6.36 Å². The van der Waals surface area contributed by atoms with Crippen molar-refractivity contribution in [3.63, 3.8) is 0 Å². The number of ether oxygens (including phenoxy) is 1. The average Bonchev–Trinajstić information content (AvgIpc) is 2.81. The molecular formula is C27H38F3N3O2. The minimum Gasteiger partial charge on any atom is -0.406 e. The normalized spacial score (nSPS) is 10.0. The van der Waals surface area contributed by atoms with Gasteiger partial charge in [-0.1, -0.05) is 66.3 Å². The van der Waals surface area contributed by atoms with E-state index in [2.05, 4.69) is 47.3 Å². The second kappa shape index (κ2) is 18.9. The number of azo groups is 1. The van der Waals surface area contributed by atoms with Gasteiger partial charge in [0.25, 0.3) is 0 Å². The van der Waals surface area contributed by atoms with E-state index in [1.807, 2.05) is 52.0 Å². The van der Waals surface area contributed by atoms with E-state index in [1.54, 1.807) is 6.08 Å². The highest BCUT2D eigenvalue weighted by atomic mass is 19.4. The molecule has 2 aromatic rings. The summed E-state index contributed by atoms with van der Waals surface area (Å²) in [6.07, 6.45) is -2.36. The van der Waals surface area contributed by atoms with Gasteiger partial charge in [-0.15, -0.1) is 19.8 Å². The minimum atomic E-state index is -4.69. The van der Waals surface area contributed by atoms with Gasteiger partial charge < -0.3 is 10.1 Å². The van der Waals surface area contributed by atoms with E-state index in [4.69, 9.17) is 0 Å². The Hall–Kier alpha value is -3.42. The Labute approximate surface area is 207 Å². The summed E-state index contributed by atoms with van der Waals surface area (Å²) in [7, 11) is 0. The Balaban J connectivity index is 0. The fourth-order valence-corrected chi connectivity index (χ4v) is 2.23. The molecule has 2 aromatic carbocycles. The smallest absolute Gasteiger partial charge is 0.406 e. The third-order valence-corrected chi connectivity index (χ3v) is 3.65. The van der Waals surface area contributed by atoms with Crippen molar-refractivity contribution >= 4 is 17.3 Å². The molecule has 0 atom stereocenters. The summed E-state index contributed by atoms with van der Waals surface area (Å²) in [4.78, 5) is 10.3. The van der Waals surface area contributed by atoms with Crippen LogP contribution < -0.4 is 10.1 Å². The van der Waals surface area contributed by atoms with Crippen molar-refractivity contribution in [1.82, 2.24) is 5.32 Å². The highest BCUT2D eigenvalue weighted by molar-refractivity contribution is 5.74. The largest absolute Gasteiger partial charge is 0.573 e. The summed E-state index contributed by atoms with van der Waals surface area (Å²) < 4.78 is 39.9. The Morgan fingerprint density at radius 2 is 1.40 bits per heavy atom. The molecule has 1 N–H and O–H groups in total. The SMILES string of the molecule is C=CCC(=C)NC(C)=O.CC.CC.CC(C)c1ccc(N=Nc2ccc(OC(F)(F)F)cc2)cc1. The number of hydrogen-bond donors (Lipinski definition) is 1. The molecule has 0 fully saturated rings. The molecule has 0 radical (unpaired) electrons. The summed E-state index contributed by atoms with van der Waals surface area (Å²) in [5.74, 6) is 0.0711. The number of nitrogens with zero attached hydrogens (tertiary/aromatic N) is 2. The summed E-state index contributed by atoms with van der Waals surface area (Å²) in [5, 5.41) is 10.6. The maximum atomic E-state index is 12.0. The molecule has 0 aliphatic carbocycles. The van der Waals surface area contributed by atoms with Crippen LogP contribution in [0.4, 0.5) is 24.5 Å². The second-order valence-corrected chi connectivity index (χ2v) is 6.77. The number of halogens is 3. The van der Waals surface area contributed by atoms with E-state index in [0.29, 0.717) is 29.4 Å². The van der Waals surface area contributed by atoms with Gasteiger partial charge in [-0.05, 0) is 47.9 Å². The Kier molecular flexibility index (Phi) is 18.3. The van der Waals surface area contributed by atoms with Crippen LogP contribution in [0, 0.1) is 0 Å². The van der Waals surface area contributed by atoms with Crippen molar-refractivity contribution in [3.05, 3.63) is 79.0 Å². The van der Waals surface area contributed by atoms with Crippen LogP contribution in [-0.2, 0) is 4.79 Å². The molecule has 2 rings (SSSR count). The third-order valence-electron chi connectivity index (χ3n) is 3.65. The number of rotatable bonds is 7. The number of hydrogen-bond acceptors (Lipinski definition) is 4. The van der Waals surface area contributed by atoms with Gasteiger partial charge in [0.05, 0.1) is 11.4 Å². The lowest BCUT2D eigenvalue weighted by Gasteiger charge is -2.08. The fraction of sp³-hybridized carbons (Fsp3) is 0.370. The average molecular weight is 494 g/mol. The Morgan fingerprint density at radius 1 is 0.971 bits per heavy atom. The van der Waals surface area contributed by atoms with E-state index in [-0.39, 0.29) is 11.7 Å². The summed E-state index contributed by atoms with van der Waals surface area (Å²) in [6.45, 7) is 20.7. The molecule has 194 valence electrons. The maximum absolute atomic E-state index is 12.0. The highest BCUT2D eigenvalue weighted by Gasteiger charge is 2.30. The molecule has 0 aliphatic heterocycles. The van der Waals surface area contributed by atoms with Gasteiger partial charge in [-0.2, -0.15) is 10.2 Å². The van der Waals surface area contributed by atoms with Crippen LogP contribution in [0.15, 0.2) is 83.7 Å². The first-order chi connectivity index (χ1) is 16.5.